The summed E-state index contributed by atoms with van der Waals surface area (Å²) in [5.74, 6) is -1.97. The largest absolute Gasteiger partial charge is 0.480 e. The van der Waals surface area contributed by atoms with Crippen LogP contribution in [0.25, 0.3) is 5.65 Å². The Kier molecular flexibility index (Phi) is 5.76. The first kappa shape index (κ1) is 19.6. The van der Waals surface area contributed by atoms with Crippen LogP contribution in [0.3, 0.4) is 0 Å². The molecule has 140 valence electrons. The number of fused-ring (bicyclic) bond motifs is 1. The van der Waals surface area contributed by atoms with E-state index in [0.717, 1.165) is 11.8 Å². The predicted octanol–water partition coefficient (Wildman–Crippen LogP) is 1.39. The van der Waals surface area contributed by atoms with Crippen molar-refractivity contribution in [1.82, 2.24) is 14.7 Å². The highest BCUT2D eigenvalue weighted by Gasteiger charge is 2.23. The van der Waals surface area contributed by atoms with E-state index in [4.69, 9.17) is 4.74 Å². The average Bonchev–Trinajstić information content (AvgIpc) is 2.52. The van der Waals surface area contributed by atoms with Crippen LogP contribution >= 0.6 is 0 Å². The number of rotatable bonds is 6. The van der Waals surface area contributed by atoms with Crippen molar-refractivity contribution in [2.45, 2.75) is 45.8 Å². The molecule has 0 saturated heterocycles. The number of carboxylic acids is 1. The summed E-state index contributed by atoms with van der Waals surface area (Å²) in [5.41, 5.74) is 0.169. The first-order valence-corrected chi connectivity index (χ1v) is 8.24. The summed E-state index contributed by atoms with van der Waals surface area (Å²) < 4.78 is 6.75. The van der Waals surface area contributed by atoms with E-state index in [1.807, 2.05) is 27.7 Å². The molecule has 0 saturated carbocycles. The van der Waals surface area contributed by atoms with Crippen LogP contribution in [0.4, 0.5) is 0 Å². The van der Waals surface area contributed by atoms with Crippen molar-refractivity contribution in [1.29, 1.82) is 0 Å². The van der Waals surface area contributed by atoms with E-state index in [0.29, 0.717) is 5.65 Å². The van der Waals surface area contributed by atoms with Crippen molar-refractivity contribution < 1.29 is 19.4 Å². The third kappa shape index (κ3) is 4.89. The molecule has 8 nitrogen and oxygen atoms in total. The fraction of sp³-hybridized carbons (Fsp3) is 0.444. The molecule has 2 aromatic rings. The first-order valence-electron chi connectivity index (χ1n) is 8.24. The quantitative estimate of drug-likeness (QED) is 0.805. The predicted molar refractivity (Wildman–Crippen MR) is 95.4 cm³/mol. The van der Waals surface area contributed by atoms with Gasteiger partial charge in [0, 0.05) is 25.4 Å². The highest BCUT2D eigenvalue weighted by atomic mass is 16.5. The zero-order valence-electron chi connectivity index (χ0n) is 15.3. The summed E-state index contributed by atoms with van der Waals surface area (Å²) in [4.78, 5) is 40.3. The maximum absolute atomic E-state index is 12.5. The van der Waals surface area contributed by atoms with Gasteiger partial charge in [0.1, 0.15) is 17.3 Å². The molecule has 0 aliphatic rings. The van der Waals surface area contributed by atoms with Gasteiger partial charge in [-0.1, -0.05) is 0 Å². The number of aryl methyl sites for hydroxylation is 1. The van der Waals surface area contributed by atoms with Crippen LogP contribution in [0.5, 0.6) is 0 Å². The Balaban J connectivity index is 2.17. The lowest BCUT2D eigenvalue weighted by Crippen LogP contribution is -2.44. The Morgan fingerprint density at radius 1 is 1.38 bits per heavy atom. The van der Waals surface area contributed by atoms with Crippen molar-refractivity contribution in [2.75, 3.05) is 6.61 Å². The molecule has 0 fully saturated rings. The molecule has 0 aromatic carbocycles. The van der Waals surface area contributed by atoms with Gasteiger partial charge >= 0.3 is 5.97 Å². The van der Waals surface area contributed by atoms with Crippen LogP contribution in [0.15, 0.2) is 29.3 Å². The van der Waals surface area contributed by atoms with E-state index in [1.165, 1.54) is 10.6 Å². The molecule has 2 N–H and O–H groups in total. The van der Waals surface area contributed by atoms with Crippen molar-refractivity contribution >= 4 is 17.5 Å². The van der Waals surface area contributed by atoms with E-state index in [-0.39, 0.29) is 18.6 Å². The lowest BCUT2D eigenvalue weighted by atomic mass is 10.1. The normalized spacial score (nSPS) is 12.8. The van der Waals surface area contributed by atoms with E-state index in [2.05, 4.69) is 10.3 Å². The molecule has 26 heavy (non-hydrogen) atoms. The minimum Gasteiger partial charge on any atom is -0.480 e. The van der Waals surface area contributed by atoms with Crippen LogP contribution in [0, 0.1) is 6.92 Å². The number of aromatic nitrogens is 2. The molecule has 1 amide bonds. The number of amides is 1. The Morgan fingerprint density at radius 2 is 2.08 bits per heavy atom. The zero-order valence-corrected chi connectivity index (χ0v) is 15.3. The molecule has 0 radical (unpaired) electrons. The molecular formula is C18H23N3O5. The molecule has 0 aliphatic carbocycles. The van der Waals surface area contributed by atoms with Gasteiger partial charge in [-0.05, 0) is 45.4 Å². The number of nitrogens with zero attached hydrogens (tertiary/aromatic N) is 2. The smallest absolute Gasteiger partial charge is 0.326 e. The molecule has 8 heteroatoms. The second-order valence-corrected chi connectivity index (χ2v) is 7.02. The fourth-order valence-corrected chi connectivity index (χ4v) is 2.31. The number of carboxylic acid groups (broad SMARTS) is 1. The fourth-order valence-electron chi connectivity index (χ4n) is 2.31. The van der Waals surface area contributed by atoms with E-state index >= 15 is 0 Å². The molecule has 2 rings (SSSR count). The number of hydrogen-bond acceptors (Lipinski definition) is 5. The van der Waals surface area contributed by atoms with Crippen molar-refractivity contribution in [3.63, 3.8) is 0 Å². The molecule has 0 aliphatic heterocycles. The Bertz CT molecular complexity index is 883. The Morgan fingerprint density at radius 3 is 2.69 bits per heavy atom. The molecule has 1 atom stereocenters. The Hall–Kier alpha value is -2.74. The number of pyridine rings is 1. The lowest BCUT2D eigenvalue weighted by molar-refractivity contribution is -0.140. The molecule has 1 unspecified atom stereocenters. The van der Waals surface area contributed by atoms with Crippen LogP contribution in [-0.4, -0.2) is 44.6 Å². The van der Waals surface area contributed by atoms with Crippen LogP contribution in [0.2, 0.25) is 0 Å². The van der Waals surface area contributed by atoms with Crippen molar-refractivity contribution in [3.8, 4) is 0 Å². The van der Waals surface area contributed by atoms with Gasteiger partial charge in [0.2, 0.25) is 0 Å². The summed E-state index contributed by atoms with van der Waals surface area (Å²) >= 11 is 0. The second kappa shape index (κ2) is 7.65. The first-order chi connectivity index (χ1) is 12.1. The number of carbonyl (C=O) groups is 2. The van der Waals surface area contributed by atoms with E-state index < -0.39 is 29.1 Å². The van der Waals surface area contributed by atoms with Gasteiger partial charge in [-0.3, -0.25) is 14.0 Å². The second-order valence-electron chi connectivity index (χ2n) is 7.02. The third-order valence-electron chi connectivity index (χ3n) is 3.65. The summed E-state index contributed by atoms with van der Waals surface area (Å²) in [6, 6.07) is 2.28. The lowest BCUT2D eigenvalue weighted by Gasteiger charge is -2.21. The van der Waals surface area contributed by atoms with Crippen molar-refractivity contribution in [3.05, 3.63) is 46.0 Å². The number of nitrogens with one attached hydrogen (secondary N) is 1. The maximum atomic E-state index is 12.5. The van der Waals surface area contributed by atoms with Gasteiger partial charge < -0.3 is 15.2 Å². The topological polar surface area (TPSA) is 110 Å². The highest BCUT2D eigenvalue weighted by molar-refractivity contribution is 5.96. The standard InChI is InChI=1S/C18H23N3O5/c1-11-5-7-21-14(9-11)19-10-12(16(21)23)15(22)20-13(17(24)25)6-8-26-18(2,3)4/h5,7,9-10,13H,6,8H2,1-4H3,(H,20,22)(H,24,25). The highest BCUT2D eigenvalue weighted by Crippen LogP contribution is 2.08. The molecule has 2 heterocycles. The van der Waals surface area contributed by atoms with Crippen molar-refractivity contribution in [2.24, 2.45) is 0 Å². The van der Waals surface area contributed by atoms with Crippen LogP contribution in [-0.2, 0) is 9.53 Å². The zero-order chi connectivity index (χ0) is 19.5. The van der Waals surface area contributed by atoms with Crippen LogP contribution < -0.4 is 10.9 Å². The SMILES string of the molecule is Cc1ccn2c(=O)c(C(=O)NC(CCOC(C)(C)C)C(=O)O)cnc2c1. The van der Waals surface area contributed by atoms with Gasteiger partial charge in [-0.25, -0.2) is 9.78 Å². The van der Waals surface area contributed by atoms with Gasteiger partial charge in [0.15, 0.2) is 0 Å². The molecule has 0 bridgehead atoms. The number of hydrogen-bond donors (Lipinski definition) is 2. The number of ether oxygens (including phenoxy) is 1. The molecular weight excluding hydrogens is 338 g/mol. The van der Waals surface area contributed by atoms with Gasteiger partial charge in [-0.2, -0.15) is 0 Å². The molecule has 0 spiro atoms. The monoisotopic (exact) mass is 361 g/mol. The van der Waals surface area contributed by atoms with Gasteiger partial charge in [-0.15, -0.1) is 0 Å². The van der Waals surface area contributed by atoms with Crippen LogP contribution in [0.1, 0.15) is 43.1 Å². The average molecular weight is 361 g/mol. The summed E-state index contributed by atoms with van der Waals surface area (Å²) in [6.45, 7) is 7.58. The Labute approximate surface area is 150 Å². The van der Waals surface area contributed by atoms with E-state index in [1.54, 1.807) is 12.1 Å². The summed E-state index contributed by atoms with van der Waals surface area (Å²) in [5, 5.41) is 11.7. The summed E-state index contributed by atoms with van der Waals surface area (Å²) in [7, 11) is 0. The number of carbonyl (C=O) groups excluding carboxylic acids is 1. The minimum atomic E-state index is -1.19. The van der Waals surface area contributed by atoms with Gasteiger partial charge in [0.25, 0.3) is 11.5 Å². The van der Waals surface area contributed by atoms with E-state index in [9.17, 15) is 19.5 Å². The number of aliphatic carboxylic acids is 1. The van der Waals surface area contributed by atoms with Gasteiger partial charge in [0.05, 0.1) is 5.60 Å². The molecule has 2 aromatic heterocycles. The maximum Gasteiger partial charge on any atom is 0.326 e. The summed E-state index contributed by atoms with van der Waals surface area (Å²) in [6.07, 6.45) is 2.78. The third-order valence-corrected chi connectivity index (χ3v) is 3.65. The minimum absolute atomic E-state index is 0.0832.